The lowest BCUT2D eigenvalue weighted by atomic mass is 10.0. The molecule has 1 aromatic rings. The van der Waals surface area contributed by atoms with Crippen molar-refractivity contribution in [3.05, 3.63) is 23.1 Å². The van der Waals surface area contributed by atoms with Crippen LogP contribution in [0.3, 0.4) is 0 Å². The van der Waals surface area contributed by atoms with Gasteiger partial charge in [-0.05, 0) is 38.6 Å². The third-order valence-electron chi connectivity index (χ3n) is 3.90. The van der Waals surface area contributed by atoms with Crippen LogP contribution < -0.4 is 5.32 Å². The van der Waals surface area contributed by atoms with Gasteiger partial charge in [-0.1, -0.05) is 0 Å². The zero-order chi connectivity index (χ0) is 14.8. The van der Waals surface area contributed by atoms with E-state index in [1.54, 1.807) is 6.07 Å². The highest BCUT2D eigenvalue weighted by Gasteiger charge is 2.29. The Labute approximate surface area is 124 Å². The number of likely N-dealkylation sites (N-methyl/N-ethyl adjacent to an activating group) is 1. The molecule has 1 saturated heterocycles. The van der Waals surface area contributed by atoms with Crippen LogP contribution in [-0.4, -0.2) is 61.0 Å². The molecule has 0 atom stereocenters. The maximum Gasteiger partial charge on any atom is 0.256 e. The molecule has 0 aliphatic carbocycles. The van der Waals surface area contributed by atoms with E-state index >= 15 is 0 Å². The van der Waals surface area contributed by atoms with E-state index in [1.807, 2.05) is 0 Å². The van der Waals surface area contributed by atoms with Crippen LogP contribution in [0.1, 0.15) is 24.2 Å². The number of piperazine rings is 1. The number of rotatable bonds is 4. The Balaban J connectivity index is 1.89. The summed E-state index contributed by atoms with van der Waals surface area (Å²) < 4.78 is 4.93. The van der Waals surface area contributed by atoms with Crippen LogP contribution in [-0.2, 0) is 0 Å². The van der Waals surface area contributed by atoms with Gasteiger partial charge in [-0.3, -0.25) is 9.69 Å². The first-order valence-electron chi connectivity index (χ1n) is 6.85. The minimum absolute atomic E-state index is 0.0763. The molecular formula is C14H22ClN3O2. The molecule has 0 spiro atoms. The van der Waals surface area contributed by atoms with E-state index in [2.05, 4.69) is 36.0 Å². The highest BCUT2D eigenvalue weighted by Crippen LogP contribution is 2.18. The van der Waals surface area contributed by atoms with Crippen LogP contribution >= 0.6 is 11.6 Å². The molecule has 2 rings (SSSR count). The Kier molecular flexibility index (Phi) is 4.73. The summed E-state index contributed by atoms with van der Waals surface area (Å²) in [7, 11) is 2.13. The van der Waals surface area contributed by atoms with Gasteiger partial charge in [0.1, 0.15) is 0 Å². The molecule has 0 unspecified atom stereocenters. The lowest BCUT2D eigenvalue weighted by molar-refractivity contribution is 0.0588. The van der Waals surface area contributed by atoms with Gasteiger partial charge >= 0.3 is 0 Å². The lowest BCUT2D eigenvalue weighted by Gasteiger charge is -2.43. The summed E-state index contributed by atoms with van der Waals surface area (Å²) >= 11 is 5.81. The summed E-state index contributed by atoms with van der Waals surface area (Å²) in [4.78, 5) is 16.7. The summed E-state index contributed by atoms with van der Waals surface area (Å²) in [5, 5.41) is 3.07. The summed E-state index contributed by atoms with van der Waals surface area (Å²) in [6, 6.07) is 1.58. The number of nitrogens with one attached hydrogen (secondary N) is 1. The van der Waals surface area contributed by atoms with Crippen LogP contribution in [0, 0.1) is 0 Å². The number of carbonyl (C=O) groups is 1. The average molecular weight is 300 g/mol. The van der Waals surface area contributed by atoms with E-state index in [-0.39, 0.29) is 16.7 Å². The number of carbonyl (C=O) groups excluding carboxylic acids is 1. The van der Waals surface area contributed by atoms with Crippen molar-refractivity contribution in [2.24, 2.45) is 0 Å². The smallest absolute Gasteiger partial charge is 0.256 e. The molecule has 1 fully saturated rings. The van der Waals surface area contributed by atoms with Crippen molar-refractivity contribution in [3.8, 4) is 0 Å². The molecule has 0 aromatic carbocycles. The molecule has 1 N–H and O–H groups in total. The molecule has 1 amide bonds. The van der Waals surface area contributed by atoms with Gasteiger partial charge in [0.05, 0.1) is 11.8 Å². The van der Waals surface area contributed by atoms with E-state index in [9.17, 15) is 4.79 Å². The number of amides is 1. The minimum atomic E-state index is -0.189. The minimum Gasteiger partial charge on any atom is -0.452 e. The summed E-state index contributed by atoms with van der Waals surface area (Å²) in [6.07, 6.45) is 1.42. The van der Waals surface area contributed by atoms with Gasteiger partial charge < -0.3 is 14.6 Å². The maximum absolute atomic E-state index is 12.0. The second-order valence-electron chi connectivity index (χ2n) is 5.89. The second kappa shape index (κ2) is 6.16. The normalized spacial score (nSPS) is 18.2. The fourth-order valence-electron chi connectivity index (χ4n) is 2.37. The number of hydrogen-bond acceptors (Lipinski definition) is 4. The van der Waals surface area contributed by atoms with Gasteiger partial charge in [0.2, 0.25) is 5.22 Å². The predicted molar refractivity (Wildman–Crippen MR) is 79.2 cm³/mol. The lowest BCUT2D eigenvalue weighted by Crippen LogP contribution is -2.57. The fourth-order valence-corrected chi connectivity index (χ4v) is 2.57. The molecule has 1 aromatic heterocycles. The van der Waals surface area contributed by atoms with Gasteiger partial charge in [0.25, 0.3) is 5.91 Å². The number of halogens is 1. The van der Waals surface area contributed by atoms with Crippen LogP contribution in [0.15, 0.2) is 16.7 Å². The Morgan fingerprint density at radius 3 is 2.60 bits per heavy atom. The van der Waals surface area contributed by atoms with Gasteiger partial charge in [-0.25, -0.2) is 0 Å². The monoisotopic (exact) mass is 299 g/mol. The quantitative estimate of drug-likeness (QED) is 0.919. The van der Waals surface area contributed by atoms with Gasteiger partial charge in [-0.15, -0.1) is 0 Å². The van der Waals surface area contributed by atoms with Crippen molar-refractivity contribution in [2.75, 3.05) is 39.8 Å². The second-order valence-corrected chi connectivity index (χ2v) is 6.24. The Bertz CT molecular complexity index is 465. The molecule has 1 aliphatic heterocycles. The molecule has 0 saturated carbocycles. The molecule has 112 valence electrons. The molecule has 2 heterocycles. The third-order valence-corrected chi connectivity index (χ3v) is 4.20. The van der Waals surface area contributed by atoms with Crippen LogP contribution in [0.5, 0.6) is 0 Å². The van der Waals surface area contributed by atoms with E-state index in [4.69, 9.17) is 16.0 Å². The van der Waals surface area contributed by atoms with Crippen molar-refractivity contribution in [1.29, 1.82) is 0 Å². The molecule has 1 aliphatic rings. The first-order valence-corrected chi connectivity index (χ1v) is 7.23. The van der Waals surface area contributed by atoms with E-state index in [0.29, 0.717) is 12.1 Å². The molecule has 6 heteroatoms. The molecule has 20 heavy (non-hydrogen) atoms. The Hall–Kier alpha value is -1.04. The van der Waals surface area contributed by atoms with Crippen molar-refractivity contribution in [1.82, 2.24) is 15.1 Å². The summed E-state index contributed by atoms with van der Waals surface area (Å²) in [5.41, 5.74) is 0.313. The first-order chi connectivity index (χ1) is 9.40. The molecule has 5 nitrogen and oxygen atoms in total. The number of nitrogens with zero attached hydrogens (tertiary/aromatic N) is 2. The van der Waals surface area contributed by atoms with Crippen LogP contribution in [0.4, 0.5) is 0 Å². The van der Waals surface area contributed by atoms with E-state index in [1.165, 1.54) is 6.26 Å². The molecular weight excluding hydrogens is 278 g/mol. The standard InChI is InChI=1S/C14H22ClN3O2/c1-14(2,18-7-5-17(3)6-8-18)10-16-13(19)11-4-9-20-12(11)15/h4,9H,5-8,10H2,1-3H3,(H,16,19). The maximum atomic E-state index is 12.0. The predicted octanol–water partition coefficient (Wildman–Crippen LogP) is 1.69. The Morgan fingerprint density at radius 1 is 1.40 bits per heavy atom. The molecule has 0 radical (unpaired) electrons. The SMILES string of the molecule is CN1CCN(C(C)(C)CNC(=O)c2ccoc2Cl)CC1. The third kappa shape index (κ3) is 3.53. The zero-order valence-corrected chi connectivity index (χ0v) is 13.0. The number of hydrogen-bond donors (Lipinski definition) is 1. The average Bonchev–Trinajstić information content (AvgIpc) is 2.83. The largest absolute Gasteiger partial charge is 0.452 e. The van der Waals surface area contributed by atoms with Crippen LogP contribution in [0.25, 0.3) is 0 Å². The van der Waals surface area contributed by atoms with Crippen molar-refractivity contribution in [3.63, 3.8) is 0 Å². The van der Waals surface area contributed by atoms with Gasteiger partial charge in [0, 0.05) is 38.3 Å². The number of furan rings is 1. The van der Waals surface area contributed by atoms with E-state index in [0.717, 1.165) is 26.2 Å². The summed E-state index contributed by atoms with van der Waals surface area (Å²) in [6.45, 7) is 9.04. The molecule has 0 bridgehead atoms. The van der Waals surface area contributed by atoms with E-state index < -0.39 is 0 Å². The van der Waals surface area contributed by atoms with Crippen molar-refractivity contribution in [2.45, 2.75) is 19.4 Å². The first kappa shape index (κ1) is 15.4. The topological polar surface area (TPSA) is 48.7 Å². The highest BCUT2D eigenvalue weighted by atomic mass is 35.5. The fraction of sp³-hybridized carbons (Fsp3) is 0.643. The zero-order valence-electron chi connectivity index (χ0n) is 12.3. The van der Waals surface area contributed by atoms with Crippen molar-refractivity contribution >= 4 is 17.5 Å². The van der Waals surface area contributed by atoms with Crippen molar-refractivity contribution < 1.29 is 9.21 Å². The Morgan fingerprint density at radius 2 is 2.05 bits per heavy atom. The summed E-state index contributed by atoms with van der Waals surface area (Å²) in [5.74, 6) is -0.189. The highest BCUT2D eigenvalue weighted by molar-refractivity contribution is 6.32. The van der Waals surface area contributed by atoms with Crippen LogP contribution in [0.2, 0.25) is 5.22 Å². The van der Waals surface area contributed by atoms with Gasteiger partial charge in [-0.2, -0.15) is 0 Å². The van der Waals surface area contributed by atoms with Gasteiger partial charge in [0.15, 0.2) is 0 Å².